The molecule has 0 atom stereocenters. The maximum Gasteiger partial charge on any atom is 0.416 e. The number of morpholine rings is 4. The van der Waals surface area contributed by atoms with Gasteiger partial charge in [0.1, 0.15) is 6.33 Å². The molecule has 0 amide bonds. The van der Waals surface area contributed by atoms with E-state index < -0.39 is 33.7 Å². The lowest BCUT2D eigenvalue weighted by Gasteiger charge is -2.29. The molecule has 0 saturated carbocycles. The first-order valence-corrected chi connectivity index (χ1v) is 28.7. The van der Waals surface area contributed by atoms with Gasteiger partial charge in [0.15, 0.2) is 34.6 Å². The monoisotopic (exact) mass is 1190 g/mol. The van der Waals surface area contributed by atoms with Gasteiger partial charge in [-0.05, 0) is 50.2 Å². The summed E-state index contributed by atoms with van der Waals surface area (Å²) >= 11 is 0. The molecule has 0 radical (unpaired) electrons. The molecule has 4 aliphatic heterocycles. The van der Waals surface area contributed by atoms with Gasteiger partial charge in [-0.2, -0.15) is 48.1 Å². The lowest BCUT2D eigenvalue weighted by atomic mass is 10.0. The number of rotatable bonds is 14. The largest absolute Gasteiger partial charge is 0.416 e. The third-order valence-corrected chi connectivity index (χ3v) is 16.6. The summed E-state index contributed by atoms with van der Waals surface area (Å²) in [5.74, 6) is 2.16. The van der Waals surface area contributed by atoms with E-state index in [0.29, 0.717) is 168 Å². The zero-order chi connectivity index (χ0) is 58.9. The molecule has 0 aliphatic carbocycles. The molecule has 0 spiro atoms. The van der Waals surface area contributed by atoms with Crippen molar-refractivity contribution in [2.75, 3.05) is 140 Å². The van der Waals surface area contributed by atoms with Crippen molar-refractivity contribution in [1.82, 2.24) is 62.2 Å². The number of benzene rings is 2. The molecule has 2 aromatic carbocycles. The van der Waals surface area contributed by atoms with E-state index in [1.807, 2.05) is 27.7 Å². The van der Waals surface area contributed by atoms with Crippen molar-refractivity contribution >= 4 is 56.1 Å². The van der Waals surface area contributed by atoms with Crippen LogP contribution in [0.15, 0.2) is 73.6 Å². The lowest BCUT2D eigenvalue weighted by molar-refractivity contribution is -0.139. The van der Waals surface area contributed by atoms with Gasteiger partial charge in [-0.15, -0.1) is 10.2 Å². The van der Waals surface area contributed by atoms with Crippen molar-refractivity contribution in [3.05, 3.63) is 107 Å². The molecule has 23 nitrogen and oxygen atoms in total. The molecule has 8 aromatic rings. The summed E-state index contributed by atoms with van der Waals surface area (Å²) in [4.78, 5) is 29.2. The maximum atomic E-state index is 14.3. The summed E-state index contributed by atoms with van der Waals surface area (Å²) in [5.41, 5.74) is 3.97. The van der Waals surface area contributed by atoms with Crippen molar-refractivity contribution in [2.24, 2.45) is 0 Å². The standard InChI is InChI=1S/C28H34F3N9O4S.C26H29F3N8O2/c1-19-26(34-23-6-4-5-22(28(29,30)31)21(23)16-37-7-11-43-12-8-37)40-27(33-19)20(15-25(35-40)38-9-13-44-14-10-38)24-17-39(18-32-24)45(41,42)36(2)3;1-17-24(33-21-4-2-3-20(26(27,28)29)19(21)15-35-5-9-38-10-6-35)37-25(32-17)18(22-14-30-16-31-22)13-23(34-37)36-7-11-39-12-8-36/h4-6,15,17-18,34H,7-14,16H2,1-3H3;2-4,13-14,16,33H,5-12,15H2,1H3,(H,30,31). The highest BCUT2D eigenvalue weighted by Gasteiger charge is 2.37. The van der Waals surface area contributed by atoms with Crippen LogP contribution in [0.3, 0.4) is 0 Å². The van der Waals surface area contributed by atoms with Crippen molar-refractivity contribution in [3.63, 3.8) is 0 Å². The van der Waals surface area contributed by atoms with Crippen LogP contribution in [0, 0.1) is 13.8 Å². The van der Waals surface area contributed by atoms with E-state index in [1.165, 1.54) is 38.8 Å². The molecule has 4 fully saturated rings. The predicted molar refractivity (Wildman–Crippen MR) is 300 cm³/mol. The van der Waals surface area contributed by atoms with Gasteiger partial charge in [0.05, 0.1) is 105 Å². The molecule has 6 aromatic heterocycles. The Morgan fingerprint density at radius 1 is 0.631 bits per heavy atom. The summed E-state index contributed by atoms with van der Waals surface area (Å²) < 4.78 is 138. The van der Waals surface area contributed by atoms with Crippen LogP contribution in [-0.4, -0.2) is 190 Å². The Labute approximate surface area is 479 Å². The van der Waals surface area contributed by atoms with E-state index in [9.17, 15) is 34.8 Å². The summed E-state index contributed by atoms with van der Waals surface area (Å²) in [7, 11) is -0.976. The van der Waals surface area contributed by atoms with E-state index in [-0.39, 0.29) is 29.9 Å². The molecule has 448 valence electrons. The van der Waals surface area contributed by atoms with Crippen LogP contribution in [0.2, 0.25) is 0 Å². The Morgan fingerprint density at radius 3 is 1.50 bits per heavy atom. The van der Waals surface area contributed by atoms with Crippen LogP contribution >= 0.6 is 0 Å². The highest BCUT2D eigenvalue weighted by atomic mass is 32.2. The second kappa shape index (κ2) is 24.3. The van der Waals surface area contributed by atoms with Gasteiger partial charge in [0.2, 0.25) is 0 Å². The minimum Gasteiger partial charge on any atom is -0.379 e. The fourth-order valence-corrected chi connectivity index (χ4v) is 11.2. The first-order chi connectivity index (χ1) is 40.3. The van der Waals surface area contributed by atoms with E-state index in [0.717, 1.165) is 31.7 Å². The highest BCUT2D eigenvalue weighted by molar-refractivity contribution is 7.87. The maximum absolute atomic E-state index is 14.3. The molecule has 84 heavy (non-hydrogen) atoms. The zero-order valence-corrected chi connectivity index (χ0v) is 47.4. The molecule has 30 heteroatoms. The molecular weight excluding hydrogens is 1130 g/mol. The fourth-order valence-electron chi connectivity index (χ4n) is 10.5. The van der Waals surface area contributed by atoms with Crippen molar-refractivity contribution < 1.29 is 53.7 Å². The second-order valence-corrected chi connectivity index (χ2v) is 22.7. The number of nitrogens with zero attached hydrogens (tertiary/aromatic N) is 14. The molecular formula is C54H63F6N17O6S. The zero-order valence-electron chi connectivity index (χ0n) is 46.5. The number of aryl methyl sites for hydroxylation is 2. The average Bonchev–Trinajstić information content (AvgIpc) is 4.54. The number of anilines is 6. The van der Waals surface area contributed by atoms with Gasteiger partial charge in [-0.25, -0.2) is 23.9 Å². The number of halogens is 6. The SMILES string of the molecule is Cc1nc2c(-c3cn(S(=O)(=O)N(C)C)cn3)cc(N3CCOCC3)nn2c1Nc1cccc(C(F)(F)F)c1CN1CCOCC1.Cc1nc2c(-c3cnc[nH]3)cc(N3CCOCC3)nn2c1Nc1cccc(C(F)(F)F)c1CN1CCOCC1. The quantitative estimate of drug-likeness (QED) is 0.0949. The molecule has 0 bridgehead atoms. The van der Waals surface area contributed by atoms with Crippen LogP contribution in [0.25, 0.3) is 33.8 Å². The third-order valence-electron chi connectivity index (χ3n) is 15.0. The molecule has 4 saturated heterocycles. The van der Waals surface area contributed by atoms with Gasteiger partial charge < -0.3 is 44.4 Å². The Bertz CT molecular complexity index is 3720. The van der Waals surface area contributed by atoms with Gasteiger partial charge in [0.25, 0.3) is 0 Å². The highest BCUT2D eigenvalue weighted by Crippen LogP contribution is 2.41. The number of fused-ring (bicyclic) bond motifs is 2. The van der Waals surface area contributed by atoms with Gasteiger partial charge in [-0.3, -0.25) is 9.80 Å². The average molecular weight is 1190 g/mol. The minimum absolute atomic E-state index is 0.0760. The Hall–Kier alpha value is -7.45. The number of hydrogen-bond acceptors (Lipinski definition) is 18. The van der Waals surface area contributed by atoms with E-state index in [2.05, 4.69) is 30.5 Å². The Morgan fingerprint density at radius 2 is 1.07 bits per heavy atom. The number of aromatic nitrogens is 10. The van der Waals surface area contributed by atoms with Crippen molar-refractivity contribution in [1.29, 1.82) is 0 Å². The Kier molecular flexibility index (Phi) is 16.8. The second-order valence-electron chi connectivity index (χ2n) is 20.6. The molecule has 4 aliphatic rings. The van der Waals surface area contributed by atoms with Gasteiger partial charge in [-0.1, -0.05) is 12.1 Å². The number of aromatic amines is 1. The van der Waals surface area contributed by atoms with Crippen LogP contribution in [0.1, 0.15) is 33.6 Å². The van der Waals surface area contributed by atoms with E-state index >= 15 is 0 Å². The first kappa shape index (κ1) is 58.3. The van der Waals surface area contributed by atoms with Crippen molar-refractivity contribution in [3.8, 4) is 22.5 Å². The number of nitrogens with one attached hydrogen (secondary N) is 3. The predicted octanol–water partition coefficient (Wildman–Crippen LogP) is 6.85. The smallest absolute Gasteiger partial charge is 0.379 e. The number of H-pyrrole nitrogens is 1. The summed E-state index contributed by atoms with van der Waals surface area (Å²) in [5, 5.41) is 16.2. The first-order valence-electron chi connectivity index (χ1n) is 27.3. The number of ether oxygens (including phenoxy) is 4. The van der Waals surface area contributed by atoms with Crippen LogP contribution in [0.4, 0.5) is 61.0 Å². The number of alkyl halides is 6. The van der Waals surface area contributed by atoms with Crippen molar-refractivity contribution in [2.45, 2.75) is 39.3 Å². The van der Waals surface area contributed by atoms with Gasteiger partial charge >= 0.3 is 22.6 Å². The molecule has 0 unspecified atom stereocenters. The van der Waals surface area contributed by atoms with Gasteiger partial charge in [0, 0.05) is 114 Å². The molecule has 12 rings (SSSR count). The normalized spacial score (nSPS) is 17.1. The number of hydrogen-bond donors (Lipinski definition) is 3. The topological polar surface area (TPSA) is 218 Å². The van der Waals surface area contributed by atoms with Crippen LogP contribution in [0.5, 0.6) is 0 Å². The Balaban J connectivity index is 0.000000177. The summed E-state index contributed by atoms with van der Waals surface area (Å²) in [6.07, 6.45) is -3.14. The van der Waals surface area contributed by atoms with E-state index in [1.54, 1.807) is 46.7 Å². The van der Waals surface area contributed by atoms with E-state index in [4.69, 9.17) is 39.1 Å². The third kappa shape index (κ3) is 12.4. The molecule has 3 N–H and O–H groups in total. The summed E-state index contributed by atoms with van der Waals surface area (Å²) in [6, 6.07) is 12.1. The van der Waals surface area contributed by atoms with Crippen LogP contribution in [-0.2, 0) is 54.6 Å². The fraction of sp³-hybridized carbons (Fsp3) is 0.444. The van der Waals surface area contributed by atoms with Crippen LogP contribution < -0.4 is 20.4 Å². The summed E-state index contributed by atoms with van der Waals surface area (Å²) in [6.45, 7) is 12.5. The molecule has 10 heterocycles. The lowest BCUT2D eigenvalue weighted by Crippen LogP contribution is -2.37. The minimum atomic E-state index is -4.56. The number of imidazole rings is 4.